The lowest BCUT2D eigenvalue weighted by atomic mass is 10.1. The Kier molecular flexibility index (Phi) is 3.17. The number of hydrogen-bond acceptors (Lipinski definition) is 3. The number of benzene rings is 1. The molecule has 5 nitrogen and oxygen atoms in total. The molecule has 1 aromatic rings. The van der Waals surface area contributed by atoms with Gasteiger partial charge in [0.2, 0.25) is 10.0 Å². The van der Waals surface area contributed by atoms with Crippen LogP contribution in [0.3, 0.4) is 0 Å². The number of amidine groups is 1. The molecule has 0 atom stereocenters. The molecule has 0 radical (unpaired) electrons. The highest BCUT2D eigenvalue weighted by atomic mass is 32.2. The van der Waals surface area contributed by atoms with Crippen LogP contribution in [-0.4, -0.2) is 38.5 Å². The van der Waals surface area contributed by atoms with Gasteiger partial charge in [0.15, 0.2) is 0 Å². The topological polar surface area (TPSA) is 73.3 Å². The van der Waals surface area contributed by atoms with E-state index in [4.69, 9.17) is 5.41 Å². The van der Waals surface area contributed by atoms with E-state index in [1.54, 1.807) is 0 Å². The van der Waals surface area contributed by atoms with Gasteiger partial charge in [-0.3, -0.25) is 5.41 Å². The first-order valence-electron chi connectivity index (χ1n) is 5.34. The number of rotatable bonds is 4. The Morgan fingerprint density at radius 2 is 2.12 bits per heavy atom. The lowest BCUT2D eigenvalue weighted by molar-refractivity contribution is 0.430. The smallest absolute Gasteiger partial charge is 0.208 e. The second-order valence-electron chi connectivity index (χ2n) is 4.09. The van der Waals surface area contributed by atoms with Crippen LogP contribution in [0.4, 0.5) is 0 Å². The van der Waals surface area contributed by atoms with E-state index >= 15 is 0 Å². The summed E-state index contributed by atoms with van der Waals surface area (Å²) in [4.78, 5) is 1.86. The standard InChI is InChI=1S/C11H15N3O2S/c1-17(15,16)13-6-7-14-8-9-4-2-3-5-10(9)11(14)12/h2-5,12-13H,6-8H2,1H3. The van der Waals surface area contributed by atoms with Gasteiger partial charge in [-0.2, -0.15) is 0 Å². The van der Waals surface area contributed by atoms with Crippen LogP contribution in [0.15, 0.2) is 24.3 Å². The van der Waals surface area contributed by atoms with E-state index in [2.05, 4.69) is 4.72 Å². The maximum absolute atomic E-state index is 10.9. The zero-order valence-electron chi connectivity index (χ0n) is 9.60. The Bertz CT molecular complexity index is 539. The maximum Gasteiger partial charge on any atom is 0.208 e. The van der Waals surface area contributed by atoms with Gasteiger partial charge in [-0.05, 0) is 5.56 Å². The molecular weight excluding hydrogens is 238 g/mol. The summed E-state index contributed by atoms with van der Waals surface area (Å²) >= 11 is 0. The van der Waals surface area contributed by atoms with E-state index in [0.29, 0.717) is 25.5 Å². The van der Waals surface area contributed by atoms with Crippen LogP contribution in [-0.2, 0) is 16.6 Å². The molecular formula is C11H15N3O2S. The molecule has 0 bridgehead atoms. The Balaban J connectivity index is 1.97. The fourth-order valence-electron chi connectivity index (χ4n) is 1.90. The van der Waals surface area contributed by atoms with Gasteiger partial charge < -0.3 is 4.90 Å². The van der Waals surface area contributed by atoms with Crippen LogP contribution in [0, 0.1) is 5.41 Å². The molecule has 17 heavy (non-hydrogen) atoms. The SMILES string of the molecule is CS(=O)(=O)NCCN1Cc2ccccc2C1=N. The molecule has 1 aromatic carbocycles. The van der Waals surface area contributed by atoms with Crippen molar-refractivity contribution in [1.29, 1.82) is 5.41 Å². The Hall–Kier alpha value is -1.40. The fraction of sp³-hybridized carbons (Fsp3) is 0.364. The molecule has 0 spiro atoms. The summed E-state index contributed by atoms with van der Waals surface area (Å²) in [6.45, 7) is 1.52. The van der Waals surface area contributed by atoms with E-state index in [9.17, 15) is 8.42 Å². The fourth-order valence-corrected chi connectivity index (χ4v) is 2.36. The predicted octanol–water partition coefficient (Wildman–Crippen LogP) is 0.377. The van der Waals surface area contributed by atoms with Crippen LogP contribution in [0.25, 0.3) is 0 Å². The second-order valence-corrected chi connectivity index (χ2v) is 5.93. The number of nitrogens with zero attached hydrogens (tertiary/aromatic N) is 1. The van der Waals surface area contributed by atoms with Gasteiger partial charge in [0, 0.05) is 25.2 Å². The minimum absolute atomic E-state index is 0.329. The number of sulfonamides is 1. The molecule has 2 N–H and O–H groups in total. The molecule has 0 aliphatic carbocycles. The minimum Gasteiger partial charge on any atom is -0.351 e. The van der Waals surface area contributed by atoms with Crippen molar-refractivity contribution >= 4 is 15.9 Å². The molecule has 6 heteroatoms. The Morgan fingerprint density at radius 1 is 1.41 bits per heavy atom. The van der Waals surface area contributed by atoms with Crippen LogP contribution in [0.5, 0.6) is 0 Å². The summed E-state index contributed by atoms with van der Waals surface area (Å²) in [5, 5.41) is 7.97. The zero-order valence-corrected chi connectivity index (χ0v) is 10.4. The summed E-state index contributed by atoms with van der Waals surface area (Å²) in [6, 6.07) is 7.77. The predicted molar refractivity (Wildman–Crippen MR) is 66.5 cm³/mol. The number of hydrogen-bond donors (Lipinski definition) is 2. The normalized spacial score (nSPS) is 15.1. The summed E-state index contributed by atoms with van der Waals surface area (Å²) in [5.41, 5.74) is 2.06. The average molecular weight is 253 g/mol. The van der Waals surface area contributed by atoms with Crippen molar-refractivity contribution in [3.63, 3.8) is 0 Å². The van der Waals surface area contributed by atoms with Gasteiger partial charge >= 0.3 is 0 Å². The monoisotopic (exact) mass is 253 g/mol. The van der Waals surface area contributed by atoms with Crippen molar-refractivity contribution in [2.75, 3.05) is 19.3 Å². The molecule has 0 saturated carbocycles. The lowest BCUT2D eigenvalue weighted by Gasteiger charge is -2.17. The molecule has 2 rings (SSSR count). The third-order valence-electron chi connectivity index (χ3n) is 2.70. The summed E-state index contributed by atoms with van der Waals surface area (Å²) in [7, 11) is -3.15. The first-order chi connectivity index (χ1) is 7.97. The zero-order chi connectivity index (χ0) is 12.5. The van der Waals surface area contributed by atoms with Crippen LogP contribution in [0.1, 0.15) is 11.1 Å². The highest BCUT2D eigenvalue weighted by Crippen LogP contribution is 2.21. The summed E-state index contributed by atoms with van der Waals surface area (Å²) in [6.07, 6.45) is 1.14. The molecule has 1 aliphatic rings. The first kappa shape index (κ1) is 12.1. The van der Waals surface area contributed by atoms with E-state index < -0.39 is 10.0 Å². The van der Waals surface area contributed by atoms with Gasteiger partial charge in [-0.15, -0.1) is 0 Å². The van der Waals surface area contributed by atoms with Gasteiger partial charge in [0.25, 0.3) is 0 Å². The Morgan fingerprint density at radius 3 is 2.76 bits per heavy atom. The van der Waals surface area contributed by atoms with Crippen molar-refractivity contribution in [1.82, 2.24) is 9.62 Å². The van der Waals surface area contributed by atoms with Gasteiger partial charge in [-0.1, -0.05) is 24.3 Å². The molecule has 1 heterocycles. The molecule has 0 fully saturated rings. The molecule has 92 valence electrons. The van der Waals surface area contributed by atoms with Crippen LogP contribution < -0.4 is 4.72 Å². The molecule has 0 aromatic heterocycles. The van der Waals surface area contributed by atoms with Crippen molar-refractivity contribution in [3.05, 3.63) is 35.4 Å². The minimum atomic E-state index is -3.15. The van der Waals surface area contributed by atoms with Crippen molar-refractivity contribution < 1.29 is 8.42 Å². The third-order valence-corrected chi connectivity index (χ3v) is 3.42. The van der Waals surface area contributed by atoms with Gasteiger partial charge in [-0.25, -0.2) is 13.1 Å². The maximum atomic E-state index is 10.9. The van der Waals surface area contributed by atoms with Crippen LogP contribution in [0.2, 0.25) is 0 Å². The van der Waals surface area contributed by atoms with Gasteiger partial charge in [0.05, 0.1) is 6.26 Å². The molecule has 0 saturated heterocycles. The molecule has 0 amide bonds. The summed E-state index contributed by atoms with van der Waals surface area (Å²) < 4.78 is 24.3. The van der Waals surface area contributed by atoms with E-state index in [-0.39, 0.29) is 0 Å². The summed E-state index contributed by atoms with van der Waals surface area (Å²) in [5.74, 6) is 0.468. The number of fused-ring (bicyclic) bond motifs is 1. The Labute approximate surface area is 101 Å². The van der Waals surface area contributed by atoms with Crippen molar-refractivity contribution in [3.8, 4) is 0 Å². The van der Waals surface area contributed by atoms with Crippen molar-refractivity contribution in [2.45, 2.75) is 6.54 Å². The average Bonchev–Trinajstić information content (AvgIpc) is 2.55. The highest BCUT2D eigenvalue weighted by Gasteiger charge is 2.22. The first-order valence-corrected chi connectivity index (χ1v) is 7.23. The quantitative estimate of drug-likeness (QED) is 0.814. The van der Waals surface area contributed by atoms with E-state index in [0.717, 1.165) is 17.4 Å². The highest BCUT2D eigenvalue weighted by molar-refractivity contribution is 7.88. The molecule has 0 unspecified atom stereocenters. The van der Waals surface area contributed by atoms with Crippen molar-refractivity contribution in [2.24, 2.45) is 0 Å². The third kappa shape index (κ3) is 2.83. The molecule has 1 aliphatic heterocycles. The lowest BCUT2D eigenvalue weighted by Crippen LogP contribution is -2.34. The van der Waals surface area contributed by atoms with Gasteiger partial charge in [0.1, 0.15) is 5.84 Å². The van der Waals surface area contributed by atoms with E-state index in [1.807, 2.05) is 29.2 Å². The van der Waals surface area contributed by atoms with E-state index in [1.165, 1.54) is 0 Å². The second kappa shape index (κ2) is 4.46. The van der Waals surface area contributed by atoms with Crippen LogP contribution >= 0.6 is 0 Å². The largest absolute Gasteiger partial charge is 0.351 e. The number of nitrogens with one attached hydrogen (secondary N) is 2.